The topological polar surface area (TPSA) is 29.1 Å². The molecule has 2 unspecified atom stereocenters. The first-order chi connectivity index (χ1) is 9.56. The van der Waals surface area contributed by atoms with Crippen LogP contribution >= 0.6 is 15.9 Å². The second-order valence-electron chi connectivity index (χ2n) is 5.29. The molecule has 0 heterocycles. The molecular weight excluding hydrogens is 328 g/mol. The number of carbonyl (C=O) groups excluding carboxylic acids is 1. The van der Waals surface area contributed by atoms with Gasteiger partial charge in [0.2, 0.25) is 5.91 Å². The van der Waals surface area contributed by atoms with Crippen molar-refractivity contribution in [3.05, 3.63) is 35.4 Å². The minimum absolute atomic E-state index is 0.0802. The predicted octanol–water partition coefficient (Wildman–Crippen LogP) is 3.58. The minimum Gasteiger partial charge on any atom is -0.355 e. The molecule has 0 spiro atoms. The second-order valence-corrected chi connectivity index (χ2v) is 6.47. The fourth-order valence-electron chi connectivity index (χ4n) is 2.53. The highest BCUT2D eigenvalue weighted by Crippen LogP contribution is 2.29. The Kier molecular flexibility index (Phi) is 5.52. The van der Waals surface area contributed by atoms with Crippen molar-refractivity contribution < 1.29 is 13.6 Å². The minimum atomic E-state index is -0.914. The molecule has 0 saturated heterocycles. The Bertz CT molecular complexity index is 481. The number of carbonyl (C=O) groups is 1. The normalized spacial score (nSPS) is 22.6. The van der Waals surface area contributed by atoms with Gasteiger partial charge >= 0.3 is 0 Å². The molecule has 5 heteroatoms. The van der Waals surface area contributed by atoms with E-state index in [2.05, 4.69) is 21.2 Å². The molecule has 2 rings (SSSR count). The van der Waals surface area contributed by atoms with Gasteiger partial charge in [0.15, 0.2) is 11.6 Å². The SMILES string of the molecule is O=C(Cc1ccc(F)c(F)c1)NCC1CCCCC1Br. The highest BCUT2D eigenvalue weighted by atomic mass is 79.9. The molecule has 0 aliphatic heterocycles. The molecule has 0 bridgehead atoms. The number of benzene rings is 1. The van der Waals surface area contributed by atoms with E-state index in [4.69, 9.17) is 0 Å². The molecule has 1 fully saturated rings. The van der Waals surface area contributed by atoms with E-state index in [1.165, 1.54) is 18.9 Å². The zero-order valence-corrected chi connectivity index (χ0v) is 12.8. The smallest absolute Gasteiger partial charge is 0.224 e. The van der Waals surface area contributed by atoms with Gasteiger partial charge in [-0.15, -0.1) is 0 Å². The number of hydrogen-bond donors (Lipinski definition) is 1. The molecule has 1 aromatic rings. The first-order valence-corrected chi connectivity index (χ1v) is 7.82. The molecule has 1 aliphatic rings. The van der Waals surface area contributed by atoms with E-state index in [0.29, 0.717) is 22.9 Å². The van der Waals surface area contributed by atoms with Crippen LogP contribution in [0, 0.1) is 17.6 Å². The molecule has 1 amide bonds. The van der Waals surface area contributed by atoms with Crippen LogP contribution in [0.5, 0.6) is 0 Å². The predicted molar refractivity (Wildman–Crippen MR) is 77.7 cm³/mol. The molecule has 2 atom stereocenters. The van der Waals surface area contributed by atoms with Gasteiger partial charge in [0.05, 0.1) is 6.42 Å². The largest absolute Gasteiger partial charge is 0.355 e. The van der Waals surface area contributed by atoms with Crippen molar-refractivity contribution in [2.45, 2.75) is 36.9 Å². The van der Waals surface area contributed by atoms with Crippen molar-refractivity contribution in [1.82, 2.24) is 5.32 Å². The third-order valence-corrected chi connectivity index (χ3v) is 4.93. The van der Waals surface area contributed by atoms with Crippen LogP contribution in [0.25, 0.3) is 0 Å². The Labute approximate surface area is 126 Å². The first-order valence-electron chi connectivity index (χ1n) is 6.91. The molecule has 2 nitrogen and oxygen atoms in total. The maximum atomic E-state index is 13.0. The third kappa shape index (κ3) is 4.27. The fraction of sp³-hybridized carbons (Fsp3) is 0.533. The van der Waals surface area contributed by atoms with E-state index < -0.39 is 11.6 Å². The van der Waals surface area contributed by atoms with Gasteiger partial charge in [0.25, 0.3) is 0 Å². The Hall–Kier alpha value is -0.970. The summed E-state index contributed by atoms with van der Waals surface area (Å²) in [6.07, 6.45) is 4.77. The van der Waals surface area contributed by atoms with Crippen LogP contribution in [0.1, 0.15) is 31.2 Å². The van der Waals surface area contributed by atoms with E-state index >= 15 is 0 Å². The van der Waals surface area contributed by atoms with Gasteiger partial charge in [0.1, 0.15) is 0 Å². The lowest BCUT2D eigenvalue weighted by Gasteiger charge is -2.27. The average molecular weight is 346 g/mol. The summed E-state index contributed by atoms with van der Waals surface area (Å²) in [6, 6.07) is 3.56. The summed E-state index contributed by atoms with van der Waals surface area (Å²) >= 11 is 3.65. The standard InChI is InChI=1S/C15H18BrF2NO/c16-12-4-2-1-3-11(12)9-19-15(20)8-10-5-6-13(17)14(18)7-10/h5-7,11-12H,1-4,8-9H2,(H,19,20). The molecule has 0 aromatic heterocycles. The summed E-state index contributed by atoms with van der Waals surface area (Å²) in [5, 5.41) is 2.88. The quantitative estimate of drug-likeness (QED) is 0.830. The number of amides is 1. The van der Waals surface area contributed by atoms with Crippen LogP contribution in [-0.4, -0.2) is 17.3 Å². The van der Waals surface area contributed by atoms with Crippen molar-refractivity contribution >= 4 is 21.8 Å². The Balaban J connectivity index is 1.81. The summed E-state index contributed by atoms with van der Waals surface area (Å²) in [7, 11) is 0. The van der Waals surface area contributed by atoms with Gasteiger partial charge in [-0.05, 0) is 36.5 Å². The number of nitrogens with one attached hydrogen (secondary N) is 1. The number of rotatable bonds is 4. The molecule has 0 radical (unpaired) electrons. The van der Waals surface area contributed by atoms with Crippen molar-refractivity contribution in [3.8, 4) is 0 Å². The fourth-order valence-corrected chi connectivity index (χ4v) is 3.31. The van der Waals surface area contributed by atoms with Crippen molar-refractivity contribution in [2.75, 3.05) is 6.54 Å². The highest BCUT2D eigenvalue weighted by molar-refractivity contribution is 9.09. The van der Waals surface area contributed by atoms with E-state index in [-0.39, 0.29) is 12.3 Å². The van der Waals surface area contributed by atoms with Crippen molar-refractivity contribution in [1.29, 1.82) is 0 Å². The maximum absolute atomic E-state index is 13.0. The van der Waals surface area contributed by atoms with Crippen LogP contribution in [0.3, 0.4) is 0 Å². The maximum Gasteiger partial charge on any atom is 0.224 e. The molecule has 1 saturated carbocycles. The lowest BCUT2D eigenvalue weighted by Crippen LogP contribution is -2.35. The van der Waals surface area contributed by atoms with E-state index in [0.717, 1.165) is 25.0 Å². The number of halogens is 3. The summed E-state index contributed by atoms with van der Waals surface area (Å²) in [5.74, 6) is -1.50. The van der Waals surface area contributed by atoms with Gasteiger partial charge in [-0.1, -0.05) is 34.8 Å². The van der Waals surface area contributed by atoms with Crippen LogP contribution in [0.2, 0.25) is 0 Å². The van der Waals surface area contributed by atoms with E-state index in [9.17, 15) is 13.6 Å². The van der Waals surface area contributed by atoms with Gasteiger partial charge < -0.3 is 5.32 Å². The van der Waals surface area contributed by atoms with E-state index in [1.54, 1.807) is 0 Å². The zero-order valence-electron chi connectivity index (χ0n) is 11.2. The van der Waals surface area contributed by atoms with Crippen molar-refractivity contribution in [2.24, 2.45) is 5.92 Å². The molecule has 1 aromatic carbocycles. The van der Waals surface area contributed by atoms with Crippen LogP contribution in [0.4, 0.5) is 8.78 Å². The van der Waals surface area contributed by atoms with Crippen LogP contribution < -0.4 is 5.32 Å². The Morgan fingerprint density at radius 1 is 1.25 bits per heavy atom. The van der Waals surface area contributed by atoms with Gasteiger partial charge in [-0.3, -0.25) is 4.79 Å². The van der Waals surface area contributed by atoms with Crippen molar-refractivity contribution in [3.63, 3.8) is 0 Å². The van der Waals surface area contributed by atoms with Gasteiger partial charge in [0, 0.05) is 11.4 Å². The Morgan fingerprint density at radius 3 is 2.70 bits per heavy atom. The average Bonchev–Trinajstić information content (AvgIpc) is 2.42. The monoisotopic (exact) mass is 345 g/mol. The zero-order chi connectivity index (χ0) is 14.5. The highest BCUT2D eigenvalue weighted by Gasteiger charge is 2.22. The summed E-state index contributed by atoms with van der Waals surface area (Å²) in [6.45, 7) is 0.637. The molecule has 110 valence electrons. The summed E-state index contributed by atoms with van der Waals surface area (Å²) in [5.41, 5.74) is 0.487. The van der Waals surface area contributed by atoms with Crippen LogP contribution in [-0.2, 0) is 11.2 Å². The first kappa shape index (κ1) is 15.4. The summed E-state index contributed by atoms with van der Waals surface area (Å²) < 4.78 is 25.8. The Morgan fingerprint density at radius 2 is 2.00 bits per heavy atom. The summed E-state index contributed by atoms with van der Waals surface area (Å²) in [4.78, 5) is 12.3. The lowest BCUT2D eigenvalue weighted by molar-refractivity contribution is -0.120. The molecule has 1 N–H and O–H groups in total. The van der Waals surface area contributed by atoms with Crippen LogP contribution in [0.15, 0.2) is 18.2 Å². The number of alkyl halides is 1. The van der Waals surface area contributed by atoms with Gasteiger partial charge in [-0.2, -0.15) is 0 Å². The van der Waals surface area contributed by atoms with E-state index in [1.807, 2.05) is 0 Å². The molecule has 20 heavy (non-hydrogen) atoms. The number of hydrogen-bond acceptors (Lipinski definition) is 1. The second kappa shape index (κ2) is 7.16. The molecule has 1 aliphatic carbocycles. The lowest BCUT2D eigenvalue weighted by atomic mass is 9.89. The van der Waals surface area contributed by atoms with Gasteiger partial charge in [-0.25, -0.2) is 8.78 Å². The third-order valence-electron chi connectivity index (χ3n) is 3.73. The molecular formula is C15H18BrF2NO.